The average molecular weight is 470 g/mol. The predicted octanol–water partition coefficient (Wildman–Crippen LogP) is 2.56. The Balaban J connectivity index is 1.57. The Morgan fingerprint density at radius 1 is 1.00 bits per heavy atom. The third-order valence-corrected chi connectivity index (χ3v) is 7.79. The molecule has 1 aliphatic rings. The number of hydrogen-bond acceptors (Lipinski definition) is 4. The fraction of sp³-hybridized carbons (Fsp3) is 0.300. The highest BCUT2D eigenvalue weighted by Crippen LogP contribution is 2.31. The average Bonchev–Trinajstić information content (AvgIpc) is 2.74. The maximum absolute atomic E-state index is 12.9. The third-order valence-electron chi connectivity index (χ3n) is 4.92. The second kappa shape index (κ2) is 9.34. The van der Waals surface area contributed by atoms with Gasteiger partial charge in [-0.2, -0.15) is 4.31 Å². The van der Waals surface area contributed by atoms with Crippen LogP contribution >= 0.6 is 23.2 Å². The third kappa shape index (κ3) is 4.78. The van der Waals surface area contributed by atoms with Crippen LogP contribution in [-0.4, -0.2) is 62.2 Å². The van der Waals surface area contributed by atoms with Crippen molar-refractivity contribution in [3.8, 4) is 0 Å². The molecule has 0 spiro atoms. The number of carbonyl (C=O) groups is 2. The summed E-state index contributed by atoms with van der Waals surface area (Å²) in [6, 6.07) is 11.6. The van der Waals surface area contributed by atoms with Crippen LogP contribution in [0.5, 0.6) is 0 Å². The lowest BCUT2D eigenvalue weighted by Gasteiger charge is -2.34. The van der Waals surface area contributed by atoms with Crippen LogP contribution in [0.25, 0.3) is 0 Å². The molecule has 1 heterocycles. The molecule has 1 fully saturated rings. The molecule has 3 rings (SSSR count). The summed E-state index contributed by atoms with van der Waals surface area (Å²) in [5.41, 5.74) is 1.33. The Hall–Kier alpha value is -2.13. The molecule has 1 aliphatic heterocycles. The standard InChI is InChI=1S/C20H21Cl2N3O4S/c1-14-5-2-3-6-15(14)20(27)23-13-18(26)24-9-11-25(12-10-24)30(28,29)17-8-4-7-16(21)19(17)22/h2-8H,9-13H2,1H3,(H,23,27). The minimum Gasteiger partial charge on any atom is -0.343 e. The number of hydrogen-bond donors (Lipinski definition) is 1. The minimum absolute atomic E-state index is 0.0170. The summed E-state index contributed by atoms with van der Waals surface area (Å²) >= 11 is 12.0. The van der Waals surface area contributed by atoms with Crippen LogP contribution in [0.1, 0.15) is 15.9 Å². The van der Waals surface area contributed by atoms with Crippen LogP contribution in [0.15, 0.2) is 47.4 Å². The van der Waals surface area contributed by atoms with Gasteiger partial charge in [-0.1, -0.05) is 47.5 Å². The fourth-order valence-electron chi connectivity index (χ4n) is 3.19. The summed E-state index contributed by atoms with van der Waals surface area (Å²) in [5.74, 6) is -0.590. The smallest absolute Gasteiger partial charge is 0.251 e. The molecule has 0 saturated carbocycles. The Kier molecular flexibility index (Phi) is 7.02. The monoisotopic (exact) mass is 469 g/mol. The Labute approximate surface area is 185 Å². The molecule has 10 heteroatoms. The van der Waals surface area contributed by atoms with E-state index in [1.807, 2.05) is 19.1 Å². The molecular weight excluding hydrogens is 449 g/mol. The van der Waals surface area contributed by atoms with Gasteiger partial charge in [0.1, 0.15) is 4.90 Å². The van der Waals surface area contributed by atoms with Gasteiger partial charge in [0.25, 0.3) is 5.91 Å². The summed E-state index contributed by atoms with van der Waals surface area (Å²) in [7, 11) is -3.82. The Morgan fingerprint density at radius 3 is 2.33 bits per heavy atom. The lowest BCUT2D eigenvalue weighted by atomic mass is 10.1. The summed E-state index contributed by atoms with van der Waals surface area (Å²) in [5, 5.41) is 2.77. The van der Waals surface area contributed by atoms with Crippen LogP contribution in [0.2, 0.25) is 10.0 Å². The number of halogens is 2. The lowest BCUT2D eigenvalue weighted by molar-refractivity contribution is -0.131. The first kappa shape index (κ1) is 22.6. The second-order valence-corrected chi connectivity index (χ2v) is 9.53. The number of rotatable bonds is 5. The van der Waals surface area contributed by atoms with E-state index in [4.69, 9.17) is 23.2 Å². The largest absolute Gasteiger partial charge is 0.343 e. The van der Waals surface area contributed by atoms with Crippen LogP contribution in [-0.2, 0) is 14.8 Å². The summed E-state index contributed by atoms with van der Waals surface area (Å²) in [6.45, 7) is 2.36. The number of benzene rings is 2. The van der Waals surface area contributed by atoms with Gasteiger partial charge >= 0.3 is 0 Å². The highest BCUT2D eigenvalue weighted by atomic mass is 35.5. The molecule has 160 valence electrons. The van der Waals surface area contributed by atoms with Crippen molar-refractivity contribution in [1.82, 2.24) is 14.5 Å². The summed E-state index contributed by atoms with van der Waals surface area (Å²) in [4.78, 5) is 26.2. The number of sulfonamides is 1. The van der Waals surface area contributed by atoms with E-state index < -0.39 is 10.0 Å². The van der Waals surface area contributed by atoms with E-state index in [0.717, 1.165) is 5.56 Å². The molecular formula is C20H21Cl2N3O4S. The van der Waals surface area contributed by atoms with Gasteiger partial charge in [0.05, 0.1) is 16.6 Å². The highest BCUT2D eigenvalue weighted by molar-refractivity contribution is 7.89. The number of nitrogens with one attached hydrogen (secondary N) is 1. The molecule has 0 bridgehead atoms. The molecule has 0 unspecified atom stereocenters. The van der Waals surface area contributed by atoms with Crippen LogP contribution in [0, 0.1) is 6.92 Å². The molecule has 2 aromatic carbocycles. The molecule has 1 N–H and O–H groups in total. The first-order chi connectivity index (χ1) is 14.2. The van der Waals surface area contributed by atoms with Gasteiger partial charge in [0, 0.05) is 31.7 Å². The van der Waals surface area contributed by atoms with Crippen molar-refractivity contribution in [1.29, 1.82) is 0 Å². The maximum atomic E-state index is 12.9. The van der Waals surface area contributed by atoms with Gasteiger partial charge < -0.3 is 10.2 Å². The zero-order chi connectivity index (χ0) is 21.9. The quantitative estimate of drug-likeness (QED) is 0.728. The minimum atomic E-state index is -3.82. The van der Waals surface area contributed by atoms with E-state index in [-0.39, 0.29) is 59.5 Å². The second-order valence-electron chi connectivity index (χ2n) is 6.83. The fourth-order valence-corrected chi connectivity index (χ4v) is 5.35. The highest BCUT2D eigenvalue weighted by Gasteiger charge is 2.32. The van der Waals surface area contributed by atoms with Crippen molar-refractivity contribution in [2.24, 2.45) is 0 Å². The van der Waals surface area contributed by atoms with E-state index in [0.29, 0.717) is 5.56 Å². The summed E-state index contributed by atoms with van der Waals surface area (Å²) < 4.78 is 27.0. The first-order valence-electron chi connectivity index (χ1n) is 9.27. The van der Waals surface area contributed by atoms with Gasteiger partial charge in [-0.25, -0.2) is 8.42 Å². The number of carbonyl (C=O) groups excluding carboxylic acids is 2. The topological polar surface area (TPSA) is 86.8 Å². The molecule has 0 aromatic heterocycles. The van der Waals surface area contributed by atoms with Crippen molar-refractivity contribution in [2.75, 3.05) is 32.7 Å². The van der Waals surface area contributed by atoms with Crippen molar-refractivity contribution >= 4 is 45.0 Å². The molecule has 7 nitrogen and oxygen atoms in total. The van der Waals surface area contributed by atoms with Crippen molar-refractivity contribution in [3.63, 3.8) is 0 Å². The van der Waals surface area contributed by atoms with Crippen LogP contribution in [0.4, 0.5) is 0 Å². The molecule has 0 atom stereocenters. The normalized spacial score (nSPS) is 15.1. The van der Waals surface area contributed by atoms with E-state index in [9.17, 15) is 18.0 Å². The SMILES string of the molecule is Cc1ccccc1C(=O)NCC(=O)N1CCN(S(=O)(=O)c2cccc(Cl)c2Cl)CC1. The van der Waals surface area contributed by atoms with Gasteiger partial charge in [0.2, 0.25) is 15.9 Å². The van der Waals surface area contributed by atoms with Gasteiger partial charge in [-0.3, -0.25) is 9.59 Å². The summed E-state index contributed by atoms with van der Waals surface area (Å²) in [6.07, 6.45) is 0. The van der Waals surface area contributed by atoms with Crippen molar-refractivity contribution < 1.29 is 18.0 Å². The van der Waals surface area contributed by atoms with E-state index in [1.54, 1.807) is 12.1 Å². The first-order valence-corrected chi connectivity index (χ1v) is 11.5. The van der Waals surface area contributed by atoms with Crippen LogP contribution in [0.3, 0.4) is 0 Å². The lowest BCUT2D eigenvalue weighted by Crippen LogP contribution is -2.52. The molecule has 30 heavy (non-hydrogen) atoms. The van der Waals surface area contributed by atoms with Gasteiger partial charge in [-0.15, -0.1) is 0 Å². The number of nitrogens with zero attached hydrogens (tertiary/aromatic N) is 2. The Bertz CT molecular complexity index is 1070. The van der Waals surface area contributed by atoms with E-state index >= 15 is 0 Å². The van der Waals surface area contributed by atoms with E-state index in [1.165, 1.54) is 27.4 Å². The molecule has 2 amide bonds. The maximum Gasteiger partial charge on any atom is 0.251 e. The molecule has 2 aromatic rings. The van der Waals surface area contributed by atoms with Gasteiger partial charge in [0.15, 0.2) is 0 Å². The number of piperazine rings is 1. The Morgan fingerprint density at radius 2 is 1.67 bits per heavy atom. The molecule has 1 saturated heterocycles. The predicted molar refractivity (Wildman–Crippen MR) is 115 cm³/mol. The zero-order valence-corrected chi connectivity index (χ0v) is 18.6. The molecule has 0 radical (unpaired) electrons. The van der Waals surface area contributed by atoms with Crippen LogP contribution < -0.4 is 5.32 Å². The number of aryl methyl sites for hydroxylation is 1. The van der Waals surface area contributed by atoms with Gasteiger partial charge in [-0.05, 0) is 30.7 Å². The molecule has 0 aliphatic carbocycles. The van der Waals surface area contributed by atoms with Crippen molar-refractivity contribution in [2.45, 2.75) is 11.8 Å². The number of amides is 2. The van der Waals surface area contributed by atoms with E-state index in [2.05, 4.69) is 5.32 Å². The zero-order valence-electron chi connectivity index (χ0n) is 16.3. The van der Waals surface area contributed by atoms with Crippen molar-refractivity contribution in [3.05, 3.63) is 63.6 Å².